The Morgan fingerprint density at radius 2 is 1.65 bits per heavy atom. The van der Waals surface area contributed by atoms with E-state index in [9.17, 15) is 40.3 Å². The molecule has 0 aliphatic rings. The molecule has 0 bridgehead atoms. The van der Waals surface area contributed by atoms with Crippen molar-refractivity contribution in [2.24, 2.45) is 0 Å². The van der Waals surface area contributed by atoms with E-state index in [0.29, 0.717) is 12.8 Å². The lowest BCUT2D eigenvalue weighted by atomic mass is 10.1. The van der Waals surface area contributed by atoms with Crippen LogP contribution < -0.4 is 5.06 Å². The molecule has 0 aliphatic heterocycles. The van der Waals surface area contributed by atoms with Crippen molar-refractivity contribution in [2.45, 2.75) is 57.4 Å². The number of aromatic nitrogens is 2. The van der Waals surface area contributed by atoms with Gasteiger partial charge in [0.15, 0.2) is 0 Å². The van der Waals surface area contributed by atoms with Crippen LogP contribution in [0.2, 0.25) is 5.15 Å². The maximum Gasteiger partial charge on any atom is 0.397 e. The van der Waals surface area contributed by atoms with Crippen molar-refractivity contribution >= 4 is 17.5 Å². The Bertz CT molecular complexity index is 621. The van der Waals surface area contributed by atoms with E-state index in [0.717, 1.165) is 0 Å². The van der Waals surface area contributed by atoms with E-state index in [4.69, 9.17) is 11.6 Å². The fraction of sp³-hybridized carbons (Fsp3) is 0.692. The van der Waals surface area contributed by atoms with Crippen LogP contribution in [0.25, 0.3) is 0 Å². The molecule has 0 atom stereocenters. The number of rotatable bonds is 8. The SMILES string of the molecule is CCCCc1c(C)nc(N([O-])C(F)(F)C(F)(F)C(F)(F)C(F)F)nc1Cl. The normalized spacial score (nSPS) is 13.4. The number of hydrogen-bond donors (Lipinski definition) is 0. The van der Waals surface area contributed by atoms with Crippen molar-refractivity contribution < 1.29 is 35.1 Å². The zero-order chi connectivity index (χ0) is 20.5. The van der Waals surface area contributed by atoms with Crippen molar-refractivity contribution in [2.75, 3.05) is 5.06 Å². The first-order chi connectivity index (χ1) is 11.7. The molecule has 0 spiro atoms. The molecule has 13 heteroatoms. The average molecular weight is 415 g/mol. The molecule has 0 N–H and O–H groups in total. The summed E-state index contributed by atoms with van der Waals surface area (Å²) in [7, 11) is 0. The summed E-state index contributed by atoms with van der Waals surface area (Å²) in [6.07, 6.45) is -3.56. The fourth-order valence-electron chi connectivity index (χ4n) is 1.87. The van der Waals surface area contributed by atoms with Crippen LogP contribution in [-0.4, -0.2) is 34.3 Å². The molecule has 1 rings (SSSR count). The molecular weight excluding hydrogens is 402 g/mol. The summed E-state index contributed by atoms with van der Waals surface area (Å²) in [5.74, 6) is -14.8. The van der Waals surface area contributed by atoms with Crippen LogP contribution in [0.3, 0.4) is 0 Å². The summed E-state index contributed by atoms with van der Waals surface area (Å²) >= 11 is 5.70. The molecule has 0 saturated carbocycles. The van der Waals surface area contributed by atoms with E-state index < -0.39 is 40.5 Å². The summed E-state index contributed by atoms with van der Waals surface area (Å²) in [5, 5.41) is 9.09. The predicted molar refractivity (Wildman–Crippen MR) is 77.1 cm³/mol. The third-order valence-electron chi connectivity index (χ3n) is 3.44. The number of halogens is 9. The topological polar surface area (TPSA) is 52.1 Å². The van der Waals surface area contributed by atoms with E-state index in [1.54, 1.807) is 0 Å². The van der Waals surface area contributed by atoms with E-state index in [-0.39, 0.29) is 17.7 Å². The summed E-state index contributed by atoms with van der Waals surface area (Å²) in [6, 6.07) is -6.27. The first-order valence-corrected chi connectivity index (χ1v) is 7.51. The molecule has 0 aromatic carbocycles. The Labute approximate surface area is 147 Å². The lowest BCUT2D eigenvalue weighted by molar-refractivity contribution is -0.336. The van der Waals surface area contributed by atoms with Crippen molar-refractivity contribution in [3.05, 3.63) is 21.6 Å². The molecular formula is C13H13ClF8N3O-. The summed E-state index contributed by atoms with van der Waals surface area (Å²) < 4.78 is 104. The number of aryl methyl sites for hydroxylation is 1. The Hall–Kier alpha value is -1.43. The minimum Gasteiger partial charge on any atom is -0.752 e. The number of hydrogen-bond acceptors (Lipinski definition) is 4. The summed E-state index contributed by atoms with van der Waals surface area (Å²) in [6.45, 7) is 3.03. The molecule has 0 unspecified atom stereocenters. The molecule has 0 saturated heterocycles. The number of unbranched alkanes of at least 4 members (excludes halogenated alkanes) is 1. The Kier molecular flexibility index (Phi) is 6.67. The van der Waals surface area contributed by atoms with Crippen molar-refractivity contribution in [1.29, 1.82) is 0 Å². The van der Waals surface area contributed by atoms with Crippen molar-refractivity contribution in [3.63, 3.8) is 0 Å². The second kappa shape index (κ2) is 7.67. The van der Waals surface area contributed by atoms with Crippen LogP contribution in [0.5, 0.6) is 0 Å². The van der Waals surface area contributed by atoms with Crippen LogP contribution in [0, 0.1) is 12.1 Å². The molecule has 4 nitrogen and oxygen atoms in total. The van der Waals surface area contributed by atoms with Gasteiger partial charge in [-0.2, -0.15) is 26.3 Å². The van der Waals surface area contributed by atoms with Gasteiger partial charge < -0.3 is 10.3 Å². The van der Waals surface area contributed by atoms with E-state index in [1.807, 2.05) is 6.92 Å². The van der Waals surface area contributed by atoms with Gasteiger partial charge in [0.05, 0.1) is 0 Å². The van der Waals surface area contributed by atoms with Crippen LogP contribution in [0.15, 0.2) is 0 Å². The highest BCUT2D eigenvalue weighted by atomic mass is 35.5. The Morgan fingerprint density at radius 1 is 1.12 bits per heavy atom. The molecule has 0 fully saturated rings. The highest BCUT2D eigenvalue weighted by Gasteiger charge is 2.76. The van der Waals surface area contributed by atoms with Crippen LogP contribution in [0.4, 0.5) is 41.1 Å². The predicted octanol–water partition coefficient (Wildman–Crippen LogP) is 5.21. The van der Waals surface area contributed by atoms with E-state index >= 15 is 0 Å². The minimum absolute atomic E-state index is 0.117. The Morgan fingerprint density at radius 3 is 2.08 bits per heavy atom. The molecule has 0 amide bonds. The summed E-state index contributed by atoms with van der Waals surface area (Å²) in [4.78, 5) is 6.38. The maximum absolute atomic E-state index is 13.6. The standard InChI is InChI=1S/C13H13ClF8N3O/c1-3-4-5-7-6(2)23-10(24-8(7)14)25(26)13(21,22)12(19,20)11(17,18)9(15)16/h9H,3-5H2,1-2H3/q-1. The second-order valence-electron chi connectivity index (χ2n) is 5.32. The van der Waals surface area contributed by atoms with E-state index in [2.05, 4.69) is 9.97 Å². The monoisotopic (exact) mass is 414 g/mol. The molecule has 1 heterocycles. The lowest BCUT2D eigenvalue weighted by Crippen LogP contribution is -2.63. The van der Waals surface area contributed by atoms with Gasteiger partial charge in [-0.3, -0.25) is 0 Å². The van der Waals surface area contributed by atoms with Crippen LogP contribution in [0.1, 0.15) is 31.0 Å². The van der Waals surface area contributed by atoms with Gasteiger partial charge >= 0.3 is 24.3 Å². The smallest absolute Gasteiger partial charge is 0.397 e. The first-order valence-electron chi connectivity index (χ1n) is 7.13. The van der Waals surface area contributed by atoms with E-state index in [1.165, 1.54) is 6.92 Å². The molecule has 1 aromatic heterocycles. The Balaban J connectivity index is 3.31. The first kappa shape index (κ1) is 22.6. The maximum atomic E-state index is 13.6. The molecule has 26 heavy (non-hydrogen) atoms. The second-order valence-corrected chi connectivity index (χ2v) is 5.67. The lowest BCUT2D eigenvalue weighted by Gasteiger charge is -2.42. The third kappa shape index (κ3) is 3.80. The summed E-state index contributed by atoms with van der Waals surface area (Å²) in [5.41, 5.74) is 0.132. The molecule has 1 aromatic rings. The van der Waals surface area contributed by atoms with Gasteiger partial charge in [-0.1, -0.05) is 24.9 Å². The molecule has 0 aliphatic carbocycles. The van der Waals surface area contributed by atoms with Gasteiger partial charge in [0.25, 0.3) is 0 Å². The quantitative estimate of drug-likeness (QED) is 0.253. The molecule has 150 valence electrons. The van der Waals surface area contributed by atoms with Gasteiger partial charge in [0.2, 0.25) is 5.95 Å². The minimum atomic E-state index is -6.71. The fourth-order valence-corrected chi connectivity index (χ4v) is 2.17. The third-order valence-corrected chi connectivity index (χ3v) is 3.75. The van der Waals surface area contributed by atoms with Crippen LogP contribution >= 0.6 is 11.6 Å². The van der Waals surface area contributed by atoms with Crippen LogP contribution in [-0.2, 0) is 6.42 Å². The number of nitrogens with zero attached hydrogens (tertiary/aromatic N) is 3. The van der Waals surface area contributed by atoms with Gasteiger partial charge in [0, 0.05) is 11.3 Å². The zero-order valence-corrected chi connectivity index (χ0v) is 14.1. The number of hydroxylamine groups is 1. The highest BCUT2D eigenvalue weighted by molar-refractivity contribution is 6.30. The van der Waals surface area contributed by atoms with Gasteiger partial charge in [-0.15, -0.1) is 0 Å². The zero-order valence-electron chi connectivity index (χ0n) is 13.4. The van der Waals surface area contributed by atoms with Gasteiger partial charge in [0.1, 0.15) is 5.15 Å². The highest BCUT2D eigenvalue weighted by Crippen LogP contribution is 2.50. The number of anilines is 1. The van der Waals surface area contributed by atoms with Crippen molar-refractivity contribution in [3.8, 4) is 0 Å². The van der Waals surface area contributed by atoms with Crippen molar-refractivity contribution in [1.82, 2.24) is 9.97 Å². The average Bonchev–Trinajstić information content (AvgIpc) is 2.52. The van der Waals surface area contributed by atoms with Gasteiger partial charge in [-0.05, 0) is 19.8 Å². The molecule has 0 radical (unpaired) electrons. The van der Waals surface area contributed by atoms with Gasteiger partial charge in [-0.25, -0.2) is 18.7 Å². The largest absolute Gasteiger partial charge is 0.752 e. The number of alkyl halides is 8.